The Balaban J connectivity index is 1.44. The van der Waals surface area contributed by atoms with Gasteiger partial charge in [0.05, 0.1) is 0 Å². The minimum absolute atomic E-state index is 0.162. The molecule has 0 amide bonds. The van der Waals surface area contributed by atoms with E-state index in [1.807, 2.05) is 0 Å². The number of hydrogen-bond donors (Lipinski definition) is 0. The van der Waals surface area contributed by atoms with Crippen LogP contribution in [0.15, 0.2) is 97.1 Å². The van der Waals surface area contributed by atoms with Crippen LogP contribution in [0.1, 0.15) is 102 Å². The molecule has 0 aromatic heterocycles. The van der Waals surface area contributed by atoms with Gasteiger partial charge in [-0.2, -0.15) is 0 Å². The Morgan fingerprint density at radius 3 is 1.37 bits per heavy atom. The van der Waals surface area contributed by atoms with Crippen LogP contribution in [0.5, 0.6) is 0 Å². The van der Waals surface area contributed by atoms with Crippen LogP contribution >= 0.6 is 0 Å². The molecule has 0 nitrogen and oxygen atoms in total. The molecule has 0 N–H and O–H groups in total. The SMILES string of the molecule is CCCC[SiH]=[Hf]([CH3])([CH3])([CH]1C=Cc2c(-c3ccc(C(C)(C)C)cc3)cccc21)[CH]1C=Cc2c(-c3ccc(C(C)(C)C)cc3)cccc21. The van der Waals surface area contributed by atoms with E-state index in [0.717, 1.165) is 0 Å². The Labute approximate surface area is 281 Å². The molecule has 0 heterocycles. The van der Waals surface area contributed by atoms with Gasteiger partial charge in [0.15, 0.2) is 0 Å². The van der Waals surface area contributed by atoms with Crippen LogP contribution in [0.4, 0.5) is 0 Å². The third kappa shape index (κ3) is 5.98. The van der Waals surface area contributed by atoms with Crippen molar-refractivity contribution in [1.29, 1.82) is 0 Å². The molecular formula is C44H54HfSi. The summed E-state index contributed by atoms with van der Waals surface area (Å²) >= 11 is -3.70. The summed E-state index contributed by atoms with van der Waals surface area (Å²) in [6.45, 7) is 16.1. The summed E-state index contributed by atoms with van der Waals surface area (Å²) < 4.78 is 6.85. The van der Waals surface area contributed by atoms with Crippen molar-refractivity contribution < 1.29 is 17.1 Å². The van der Waals surface area contributed by atoms with Crippen LogP contribution in [0.3, 0.4) is 0 Å². The molecule has 0 saturated carbocycles. The van der Waals surface area contributed by atoms with E-state index in [1.165, 1.54) is 63.4 Å². The predicted octanol–water partition coefficient (Wildman–Crippen LogP) is 12.8. The first kappa shape index (κ1) is 33.4. The quantitative estimate of drug-likeness (QED) is 0.129. The van der Waals surface area contributed by atoms with E-state index in [2.05, 4.69) is 167 Å². The van der Waals surface area contributed by atoms with Gasteiger partial charge in [-0.3, -0.25) is 0 Å². The Morgan fingerprint density at radius 2 is 1.00 bits per heavy atom. The summed E-state index contributed by atoms with van der Waals surface area (Å²) in [7, 11) is 0. The topological polar surface area (TPSA) is 0 Å². The Hall–Kier alpha value is -2.55. The van der Waals surface area contributed by atoms with Gasteiger partial charge >= 0.3 is 283 Å². The summed E-state index contributed by atoms with van der Waals surface area (Å²) in [5, 5.41) is 0. The van der Waals surface area contributed by atoms with Gasteiger partial charge in [0.2, 0.25) is 0 Å². The second-order valence-electron chi connectivity index (χ2n) is 17.0. The summed E-state index contributed by atoms with van der Waals surface area (Å²) in [5.74, 6) is 0. The molecule has 0 aliphatic heterocycles. The van der Waals surface area contributed by atoms with Crippen LogP contribution in [0, 0.1) is 0 Å². The molecule has 0 bridgehead atoms. The molecule has 0 fully saturated rings. The first-order valence-electron chi connectivity index (χ1n) is 17.6. The van der Waals surface area contributed by atoms with E-state index in [1.54, 1.807) is 11.1 Å². The Kier molecular flexibility index (Phi) is 8.81. The van der Waals surface area contributed by atoms with E-state index in [9.17, 15) is 0 Å². The van der Waals surface area contributed by atoms with Crippen molar-refractivity contribution >= 4 is 18.4 Å². The molecular weight excluding hydrogens is 735 g/mol. The fourth-order valence-corrected chi connectivity index (χ4v) is 47.9. The predicted molar refractivity (Wildman–Crippen MR) is 203 cm³/mol. The molecule has 0 spiro atoms. The molecule has 4 aromatic rings. The van der Waals surface area contributed by atoms with Crippen LogP contribution in [-0.4, -0.2) is 6.22 Å². The number of hydrogen-bond acceptors (Lipinski definition) is 0. The van der Waals surface area contributed by atoms with Crippen molar-refractivity contribution in [3.8, 4) is 22.3 Å². The van der Waals surface area contributed by atoms with Crippen molar-refractivity contribution in [2.75, 3.05) is 0 Å². The molecule has 0 radical (unpaired) electrons. The fraction of sp³-hybridized carbons (Fsp3) is 0.364. The van der Waals surface area contributed by atoms with Crippen LogP contribution in [0.25, 0.3) is 34.4 Å². The molecule has 0 saturated heterocycles. The standard InChI is InChI=1S/2C19H19.C4H10Si.2CH3.Hf/c2*1-19(2,3)16-12-10-15(11-13-16)18-9-5-7-14-6-4-8-17(14)18;1-2-3-4-5;;;/h2*4-13H,1-3H3;5H,2-4H2,1H3;2*1H3;. The normalized spacial score (nSPS) is 17.7. The molecule has 2 aliphatic carbocycles. The van der Waals surface area contributed by atoms with E-state index in [-0.39, 0.29) is 10.8 Å². The molecule has 46 heavy (non-hydrogen) atoms. The maximum atomic E-state index is 2.85. The van der Waals surface area contributed by atoms with Gasteiger partial charge in [-0.25, -0.2) is 0 Å². The maximum absolute atomic E-state index is 3.70. The molecule has 6 rings (SSSR count). The van der Waals surface area contributed by atoms with Gasteiger partial charge in [0, 0.05) is 0 Å². The van der Waals surface area contributed by atoms with Crippen LogP contribution < -0.4 is 0 Å². The molecule has 238 valence electrons. The second-order valence-corrected chi connectivity index (χ2v) is 61.4. The first-order valence-corrected chi connectivity index (χ1v) is 36.6. The number of allylic oxidation sites excluding steroid dienone is 2. The van der Waals surface area contributed by atoms with Crippen molar-refractivity contribution in [3.05, 3.63) is 130 Å². The number of rotatable bonds is 7. The van der Waals surface area contributed by atoms with Gasteiger partial charge in [-0.1, -0.05) is 0 Å². The van der Waals surface area contributed by atoms with E-state index >= 15 is 0 Å². The van der Waals surface area contributed by atoms with Crippen molar-refractivity contribution in [3.63, 3.8) is 0 Å². The van der Waals surface area contributed by atoms with Gasteiger partial charge in [-0.15, -0.1) is 0 Å². The zero-order valence-corrected chi connectivity index (χ0v) is 34.5. The third-order valence-electron chi connectivity index (χ3n) is 11.3. The number of unbranched alkanes of at least 4 members (excludes halogenated alkanes) is 1. The average Bonchev–Trinajstić information content (AvgIpc) is 3.67. The Morgan fingerprint density at radius 1 is 0.587 bits per heavy atom. The van der Waals surface area contributed by atoms with Crippen molar-refractivity contribution in [2.45, 2.75) is 94.9 Å². The molecule has 4 aromatic carbocycles. The van der Waals surface area contributed by atoms with Gasteiger partial charge in [0.25, 0.3) is 0 Å². The Bertz CT molecular complexity index is 1750. The zero-order valence-electron chi connectivity index (χ0n) is 29.7. The fourth-order valence-electron chi connectivity index (χ4n) is 8.27. The van der Waals surface area contributed by atoms with E-state index < -0.39 is 17.1 Å². The monoisotopic (exact) mass is 790 g/mol. The van der Waals surface area contributed by atoms with Gasteiger partial charge in [0.1, 0.15) is 0 Å². The van der Waals surface area contributed by atoms with E-state index in [4.69, 9.17) is 0 Å². The third-order valence-corrected chi connectivity index (χ3v) is 53.9. The van der Waals surface area contributed by atoms with Gasteiger partial charge in [-0.05, 0) is 0 Å². The summed E-state index contributed by atoms with van der Waals surface area (Å²) in [6, 6.07) is 34.5. The summed E-state index contributed by atoms with van der Waals surface area (Å²) in [4.78, 5) is 0. The number of fused-ring (bicyclic) bond motifs is 2. The first-order chi connectivity index (χ1) is 21.7. The summed E-state index contributed by atoms with van der Waals surface area (Å²) in [6.07, 6.45) is 13.4. The molecule has 2 atom stereocenters. The zero-order chi connectivity index (χ0) is 32.9. The van der Waals surface area contributed by atoms with Crippen LogP contribution in [-0.2, 0) is 28.0 Å². The van der Waals surface area contributed by atoms with Gasteiger partial charge < -0.3 is 0 Å². The minimum atomic E-state index is -3.70. The van der Waals surface area contributed by atoms with Crippen LogP contribution in [0.2, 0.25) is 15.4 Å². The van der Waals surface area contributed by atoms with Crippen molar-refractivity contribution in [1.82, 2.24) is 0 Å². The average molecular weight is 789 g/mol. The number of benzene rings is 4. The summed E-state index contributed by atoms with van der Waals surface area (Å²) in [5.41, 5.74) is 14.7. The molecule has 2 heteroatoms. The van der Waals surface area contributed by atoms with E-state index in [0.29, 0.717) is 13.6 Å². The van der Waals surface area contributed by atoms with Crippen molar-refractivity contribution in [2.24, 2.45) is 0 Å². The molecule has 2 unspecified atom stereocenters. The molecule has 2 aliphatic rings. The second kappa shape index (κ2) is 12.2.